The van der Waals surface area contributed by atoms with Crippen molar-refractivity contribution >= 4 is 5.78 Å². The van der Waals surface area contributed by atoms with Gasteiger partial charge >= 0.3 is 0 Å². The fraction of sp³-hybridized carbons (Fsp3) is 0.500. The Morgan fingerprint density at radius 2 is 1.73 bits per heavy atom. The fourth-order valence-electron chi connectivity index (χ4n) is 4.31. The molecule has 1 nitrogen and oxygen atoms in total. The van der Waals surface area contributed by atoms with Crippen molar-refractivity contribution in [1.29, 1.82) is 0 Å². The Morgan fingerprint density at radius 3 is 2.60 bits per heavy atom. The van der Waals surface area contributed by atoms with Gasteiger partial charge in [-0.3, -0.25) is 4.79 Å². The molecule has 0 amide bonds. The molecule has 1 heteroatoms. The van der Waals surface area contributed by atoms with Gasteiger partial charge in [-0.1, -0.05) is 24.3 Å². The third-order valence-electron chi connectivity index (χ3n) is 4.80. The van der Waals surface area contributed by atoms with Crippen molar-refractivity contribution in [3.05, 3.63) is 35.4 Å². The van der Waals surface area contributed by atoms with Gasteiger partial charge in [0.1, 0.15) is 0 Å². The molecule has 0 heterocycles. The first-order valence-corrected chi connectivity index (χ1v) is 5.99. The van der Waals surface area contributed by atoms with Crippen LogP contribution in [-0.4, -0.2) is 5.78 Å². The molecule has 4 rings (SSSR count). The van der Waals surface area contributed by atoms with Crippen LogP contribution in [0.3, 0.4) is 0 Å². The normalized spacial score (nSPS) is 40.7. The van der Waals surface area contributed by atoms with Gasteiger partial charge in [0.25, 0.3) is 0 Å². The van der Waals surface area contributed by atoms with Crippen LogP contribution in [0.25, 0.3) is 0 Å². The zero-order chi connectivity index (χ0) is 9.99. The van der Waals surface area contributed by atoms with E-state index >= 15 is 0 Å². The molecule has 15 heavy (non-hydrogen) atoms. The molecule has 3 aliphatic rings. The minimum absolute atomic E-state index is 0.362. The molecule has 0 radical (unpaired) electrons. The number of rotatable bonds is 0. The Balaban J connectivity index is 1.93. The van der Waals surface area contributed by atoms with Gasteiger partial charge in [-0.2, -0.15) is 0 Å². The summed E-state index contributed by atoms with van der Waals surface area (Å²) < 4.78 is 0. The predicted octanol–water partition coefficient (Wildman–Crippen LogP) is 3.01. The highest BCUT2D eigenvalue weighted by Crippen LogP contribution is 2.61. The molecule has 1 aromatic rings. The van der Waals surface area contributed by atoms with Crippen molar-refractivity contribution in [3.63, 3.8) is 0 Å². The standard InChI is InChI=1S/C14H14O/c15-14-11-4-2-1-3-10(11)12-8-5-6-9(7-8)13(12)14/h1-4,8-9,12-13H,5-7H2. The van der Waals surface area contributed by atoms with Crippen LogP contribution in [-0.2, 0) is 0 Å². The summed E-state index contributed by atoms with van der Waals surface area (Å²) in [6.07, 6.45) is 3.97. The zero-order valence-electron chi connectivity index (χ0n) is 8.65. The van der Waals surface area contributed by atoms with E-state index in [2.05, 4.69) is 12.1 Å². The predicted molar refractivity (Wildman–Crippen MR) is 57.8 cm³/mol. The van der Waals surface area contributed by atoms with E-state index < -0.39 is 0 Å². The first-order chi connectivity index (χ1) is 7.36. The molecule has 76 valence electrons. The second kappa shape index (κ2) is 2.52. The maximum Gasteiger partial charge on any atom is 0.167 e. The summed E-state index contributed by atoms with van der Waals surface area (Å²) >= 11 is 0. The average molecular weight is 198 g/mol. The van der Waals surface area contributed by atoms with Gasteiger partial charge in [-0.25, -0.2) is 0 Å². The lowest BCUT2D eigenvalue weighted by molar-refractivity contribution is 0.0883. The SMILES string of the molecule is O=C1c2ccccc2C2C3CCC(C3)C12. The minimum atomic E-state index is 0.362. The Hall–Kier alpha value is -1.11. The summed E-state index contributed by atoms with van der Waals surface area (Å²) in [5, 5.41) is 0. The second-order valence-electron chi connectivity index (χ2n) is 5.34. The van der Waals surface area contributed by atoms with Crippen LogP contribution in [0.15, 0.2) is 24.3 Å². The van der Waals surface area contributed by atoms with E-state index in [0.29, 0.717) is 23.5 Å². The summed E-state index contributed by atoms with van der Waals surface area (Å²) in [6.45, 7) is 0. The van der Waals surface area contributed by atoms with E-state index in [1.54, 1.807) is 0 Å². The van der Waals surface area contributed by atoms with Crippen LogP contribution >= 0.6 is 0 Å². The maximum absolute atomic E-state index is 12.3. The molecule has 4 unspecified atom stereocenters. The molecule has 1 aromatic carbocycles. The highest BCUT2D eigenvalue weighted by molar-refractivity contribution is 6.03. The van der Waals surface area contributed by atoms with Gasteiger partial charge < -0.3 is 0 Å². The van der Waals surface area contributed by atoms with Crippen LogP contribution in [0, 0.1) is 17.8 Å². The second-order valence-corrected chi connectivity index (χ2v) is 5.34. The Kier molecular flexibility index (Phi) is 1.36. The van der Waals surface area contributed by atoms with Gasteiger partial charge in [-0.05, 0) is 42.6 Å². The Bertz CT molecular complexity index is 448. The topological polar surface area (TPSA) is 17.1 Å². The third-order valence-corrected chi connectivity index (χ3v) is 4.80. The Labute approximate surface area is 89.5 Å². The van der Waals surface area contributed by atoms with Gasteiger partial charge in [0.2, 0.25) is 0 Å². The molecule has 2 bridgehead atoms. The zero-order valence-corrected chi connectivity index (χ0v) is 8.65. The number of carbonyl (C=O) groups is 1. The number of benzene rings is 1. The van der Waals surface area contributed by atoms with E-state index in [9.17, 15) is 4.79 Å². The van der Waals surface area contributed by atoms with Crippen LogP contribution in [0.1, 0.15) is 41.1 Å². The molecule has 2 saturated carbocycles. The molecular weight excluding hydrogens is 184 g/mol. The van der Waals surface area contributed by atoms with E-state index in [0.717, 1.165) is 11.5 Å². The first kappa shape index (κ1) is 8.09. The van der Waals surface area contributed by atoms with Crippen LogP contribution in [0.4, 0.5) is 0 Å². The molecule has 0 aliphatic heterocycles. The molecule has 0 N–H and O–H groups in total. The average Bonchev–Trinajstić information content (AvgIpc) is 2.92. The summed E-state index contributed by atoms with van der Waals surface area (Å²) in [4.78, 5) is 12.3. The smallest absolute Gasteiger partial charge is 0.167 e. The van der Waals surface area contributed by atoms with Gasteiger partial charge in [0, 0.05) is 11.5 Å². The number of ketones is 1. The van der Waals surface area contributed by atoms with E-state index in [4.69, 9.17) is 0 Å². The lowest BCUT2D eigenvalue weighted by atomic mass is 9.79. The quantitative estimate of drug-likeness (QED) is 0.626. The van der Waals surface area contributed by atoms with Crippen molar-refractivity contribution in [2.45, 2.75) is 25.2 Å². The van der Waals surface area contributed by atoms with Gasteiger partial charge in [-0.15, -0.1) is 0 Å². The maximum atomic E-state index is 12.3. The first-order valence-electron chi connectivity index (χ1n) is 5.99. The molecule has 0 spiro atoms. The highest BCUT2D eigenvalue weighted by atomic mass is 16.1. The van der Waals surface area contributed by atoms with E-state index in [1.165, 1.54) is 24.8 Å². The number of fused-ring (bicyclic) bond motifs is 7. The summed E-state index contributed by atoms with van der Waals surface area (Å²) in [7, 11) is 0. The van der Waals surface area contributed by atoms with Crippen molar-refractivity contribution in [1.82, 2.24) is 0 Å². The summed E-state index contributed by atoms with van der Waals surface area (Å²) in [5.41, 5.74) is 2.39. The van der Waals surface area contributed by atoms with Crippen molar-refractivity contribution < 1.29 is 4.79 Å². The highest BCUT2D eigenvalue weighted by Gasteiger charge is 2.55. The van der Waals surface area contributed by atoms with Gasteiger partial charge in [0.15, 0.2) is 5.78 Å². The van der Waals surface area contributed by atoms with Crippen LogP contribution in [0.5, 0.6) is 0 Å². The molecule has 3 aliphatic carbocycles. The molecule has 4 atom stereocenters. The Morgan fingerprint density at radius 1 is 1.00 bits per heavy atom. The number of hydrogen-bond acceptors (Lipinski definition) is 1. The lowest BCUT2D eigenvalue weighted by Gasteiger charge is -2.23. The van der Waals surface area contributed by atoms with E-state index in [1.807, 2.05) is 12.1 Å². The monoisotopic (exact) mass is 198 g/mol. The number of hydrogen-bond donors (Lipinski definition) is 0. The van der Waals surface area contributed by atoms with Crippen LogP contribution < -0.4 is 0 Å². The fourth-order valence-corrected chi connectivity index (χ4v) is 4.31. The molecule has 0 saturated heterocycles. The van der Waals surface area contributed by atoms with Crippen molar-refractivity contribution in [2.24, 2.45) is 17.8 Å². The summed E-state index contributed by atoms with van der Waals surface area (Å²) in [5.74, 6) is 2.92. The van der Waals surface area contributed by atoms with Crippen molar-refractivity contribution in [3.8, 4) is 0 Å². The minimum Gasteiger partial charge on any atom is -0.294 e. The number of carbonyl (C=O) groups excluding carboxylic acids is 1. The lowest BCUT2D eigenvalue weighted by Crippen LogP contribution is -2.20. The summed E-state index contributed by atoms with van der Waals surface area (Å²) in [6, 6.07) is 8.29. The van der Waals surface area contributed by atoms with Crippen molar-refractivity contribution in [2.75, 3.05) is 0 Å². The largest absolute Gasteiger partial charge is 0.294 e. The molecular formula is C14H14O. The van der Waals surface area contributed by atoms with Gasteiger partial charge in [0.05, 0.1) is 0 Å². The molecule has 0 aromatic heterocycles. The third kappa shape index (κ3) is 0.831. The van der Waals surface area contributed by atoms with Crippen LogP contribution in [0.2, 0.25) is 0 Å². The number of Topliss-reactive ketones (excluding diaryl/α,β-unsaturated/α-hetero) is 1. The molecule has 2 fully saturated rings. The van der Waals surface area contributed by atoms with E-state index in [-0.39, 0.29) is 0 Å².